The molecule has 94 valence electrons. The van der Waals surface area contributed by atoms with Crippen LogP contribution in [0.25, 0.3) is 0 Å². The minimum absolute atomic E-state index is 0.244. The van der Waals surface area contributed by atoms with E-state index in [1.165, 1.54) is 15.7 Å². The van der Waals surface area contributed by atoms with Gasteiger partial charge in [-0.15, -0.1) is 0 Å². The molecule has 0 N–H and O–H groups in total. The molecule has 0 amide bonds. The molecule has 5 heteroatoms. The fourth-order valence-corrected chi connectivity index (χ4v) is 3.74. The summed E-state index contributed by atoms with van der Waals surface area (Å²) in [7, 11) is 1.48. The van der Waals surface area contributed by atoms with Crippen molar-refractivity contribution in [2.24, 2.45) is 0 Å². The molecule has 0 radical (unpaired) electrons. The van der Waals surface area contributed by atoms with Gasteiger partial charge in [-0.3, -0.25) is 0 Å². The first-order chi connectivity index (χ1) is 7.76. The summed E-state index contributed by atoms with van der Waals surface area (Å²) < 4.78 is 6.13. The van der Waals surface area contributed by atoms with Crippen LogP contribution in [0.1, 0.15) is 20.8 Å². The second-order valence-corrected chi connectivity index (χ2v) is 12.6. The van der Waals surface area contributed by atoms with Crippen molar-refractivity contribution >= 4 is 29.9 Å². The molecule has 0 aromatic carbocycles. The zero-order valence-corrected chi connectivity index (χ0v) is 13.7. The third kappa shape index (κ3) is 4.22. The van der Waals surface area contributed by atoms with Crippen molar-refractivity contribution in [2.45, 2.75) is 38.9 Å². The molecule has 0 aromatic heterocycles. The van der Waals surface area contributed by atoms with Gasteiger partial charge in [0.2, 0.25) is 0 Å². The number of nitriles is 1. The van der Waals surface area contributed by atoms with E-state index < -0.39 is 8.32 Å². The SMILES string of the molecule is CC(C)(C)[Si](C)(C)OCC1=CC=C(C#N)SS1. The molecule has 1 heterocycles. The molecule has 2 nitrogen and oxygen atoms in total. The van der Waals surface area contributed by atoms with Crippen LogP contribution in [0.2, 0.25) is 18.1 Å². The molecule has 17 heavy (non-hydrogen) atoms. The van der Waals surface area contributed by atoms with Gasteiger partial charge in [-0.25, -0.2) is 0 Å². The van der Waals surface area contributed by atoms with Crippen LogP contribution >= 0.6 is 21.6 Å². The molecule has 0 spiro atoms. The molecule has 0 aromatic rings. The Morgan fingerprint density at radius 1 is 1.29 bits per heavy atom. The van der Waals surface area contributed by atoms with Gasteiger partial charge in [0.05, 0.1) is 11.5 Å². The van der Waals surface area contributed by atoms with Gasteiger partial charge in [-0.1, -0.05) is 31.6 Å². The van der Waals surface area contributed by atoms with Crippen molar-refractivity contribution in [3.8, 4) is 6.07 Å². The first kappa shape index (κ1) is 14.9. The number of hydrogen-bond acceptors (Lipinski definition) is 4. The fourth-order valence-electron chi connectivity index (χ4n) is 0.919. The molecule has 1 aliphatic heterocycles. The Balaban J connectivity index is 2.57. The predicted molar refractivity (Wildman–Crippen MR) is 80.1 cm³/mol. The van der Waals surface area contributed by atoms with Crippen molar-refractivity contribution in [2.75, 3.05) is 6.61 Å². The van der Waals surface area contributed by atoms with E-state index in [0.29, 0.717) is 6.61 Å². The van der Waals surface area contributed by atoms with Crippen LogP contribution in [-0.2, 0) is 4.43 Å². The van der Waals surface area contributed by atoms with Gasteiger partial charge in [0, 0.05) is 4.91 Å². The Hall–Kier alpha value is -0.153. The van der Waals surface area contributed by atoms with Crippen molar-refractivity contribution in [1.29, 1.82) is 5.26 Å². The van der Waals surface area contributed by atoms with E-state index in [-0.39, 0.29) is 5.04 Å². The minimum atomic E-state index is -1.66. The monoisotopic (exact) mass is 285 g/mol. The molecule has 0 aliphatic carbocycles. The Kier molecular flexibility index (Phi) is 4.96. The Bertz CT molecular complexity index is 388. The highest BCUT2D eigenvalue weighted by Gasteiger charge is 2.37. The van der Waals surface area contributed by atoms with Crippen LogP contribution in [0.3, 0.4) is 0 Å². The van der Waals surface area contributed by atoms with E-state index in [0.717, 1.165) is 4.91 Å². The van der Waals surface area contributed by atoms with Gasteiger partial charge in [0.15, 0.2) is 8.32 Å². The molecule has 0 atom stereocenters. The van der Waals surface area contributed by atoms with Gasteiger partial charge in [0.1, 0.15) is 6.07 Å². The molecule has 1 rings (SSSR count). The Labute approximate surface area is 113 Å². The van der Waals surface area contributed by atoms with Crippen LogP contribution < -0.4 is 0 Å². The van der Waals surface area contributed by atoms with E-state index >= 15 is 0 Å². The van der Waals surface area contributed by atoms with E-state index in [1.54, 1.807) is 10.8 Å². The summed E-state index contributed by atoms with van der Waals surface area (Å²) in [6.45, 7) is 11.9. The minimum Gasteiger partial charge on any atom is -0.412 e. The third-order valence-electron chi connectivity index (χ3n) is 3.15. The Morgan fingerprint density at radius 2 is 1.94 bits per heavy atom. The van der Waals surface area contributed by atoms with Crippen LogP contribution in [0.4, 0.5) is 0 Å². The molecular formula is C12H19NOS2Si. The first-order valence-corrected chi connectivity index (χ1v) is 10.6. The van der Waals surface area contributed by atoms with Gasteiger partial charge < -0.3 is 4.43 Å². The van der Waals surface area contributed by atoms with Gasteiger partial charge in [-0.2, -0.15) is 5.26 Å². The van der Waals surface area contributed by atoms with Gasteiger partial charge >= 0.3 is 0 Å². The summed E-state index contributed by atoms with van der Waals surface area (Å²) in [6, 6.07) is 2.15. The van der Waals surface area contributed by atoms with E-state index in [1.807, 2.05) is 12.2 Å². The highest BCUT2D eigenvalue weighted by molar-refractivity contribution is 8.79. The standard InChI is InChI=1S/C12H19NOS2Si/c1-12(2,3)17(4,5)14-9-11-7-6-10(8-13)15-16-11/h6-7H,9H2,1-5H3. The van der Waals surface area contributed by atoms with E-state index in [9.17, 15) is 0 Å². The quantitative estimate of drug-likeness (QED) is 0.556. The second kappa shape index (κ2) is 5.66. The average molecular weight is 286 g/mol. The lowest BCUT2D eigenvalue weighted by molar-refractivity contribution is 0.325. The van der Waals surface area contributed by atoms with Crippen molar-refractivity contribution < 1.29 is 4.43 Å². The van der Waals surface area contributed by atoms with Crippen molar-refractivity contribution in [3.05, 3.63) is 22.0 Å². The number of nitrogens with zero attached hydrogens (tertiary/aromatic N) is 1. The van der Waals surface area contributed by atoms with Gasteiger partial charge in [0.25, 0.3) is 0 Å². The first-order valence-electron chi connectivity index (χ1n) is 5.56. The summed E-state index contributed by atoms with van der Waals surface area (Å²) in [5, 5.41) is 8.98. The molecule has 0 fully saturated rings. The van der Waals surface area contributed by atoms with Gasteiger partial charge in [-0.05, 0) is 41.1 Å². The summed E-state index contributed by atoms with van der Waals surface area (Å²) in [4.78, 5) is 1.95. The highest BCUT2D eigenvalue weighted by Crippen LogP contribution is 2.41. The molecule has 1 aliphatic rings. The van der Waals surface area contributed by atoms with Crippen molar-refractivity contribution in [1.82, 2.24) is 0 Å². The smallest absolute Gasteiger partial charge is 0.192 e. The molecule has 0 saturated carbocycles. The normalized spacial score (nSPS) is 17.2. The maximum Gasteiger partial charge on any atom is 0.192 e. The lowest BCUT2D eigenvalue weighted by atomic mass is 10.2. The average Bonchev–Trinajstić information content (AvgIpc) is 2.25. The molecule has 0 unspecified atom stereocenters. The number of allylic oxidation sites excluding steroid dienone is 3. The number of rotatable bonds is 3. The maximum absolute atomic E-state index is 8.74. The zero-order chi connectivity index (χ0) is 13.1. The lowest BCUT2D eigenvalue weighted by Gasteiger charge is -2.36. The summed E-state index contributed by atoms with van der Waals surface area (Å²) >= 11 is 0. The third-order valence-corrected chi connectivity index (χ3v) is 10.0. The maximum atomic E-state index is 8.74. The number of hydrogen-bond donors (Lipinski definition) is 0. The summed E-state index contributed by atoms with van der Waals surface area (Å²) in [5.41, 5.74) is 0. The predicted octanol–water partition coefficient (Wildman–Crippen LogP) is 4.69. The lowest BCUT2D eigenvalue weighted by Crippen LogP contribution is -2.41. The molecule has 0 bridgehead atoms. The zero-order valence-electron chi connectivity index (χ0n) is 11.0. The van der Waals surface area contributed by atoms with Crippen LogP contribution in [0.15, 0.2) is 22.0 Å². The Morgan fingerprint density at radius 3 is 2.35 bits per heavy atom. The van der Waals surface area contributed by atoms with Crippen LogP contribution in [0.5, 0.6) is 0 Å². The molecule has 0 saturated heterocycles. The fraction of sp³-hybridized carbons (Fsp3) is 0.583. The second-order valence-electron chi connectivity index (χ2n) is 5.49. The molecular weight excluding hydrogens is 266 g/mol. The van der Waals surface area contributed by atoms with E-state index in [4.69, 9.17) is 9.69 Å². The summed E-state index contributed by atoms with van der Waals surface area (Å²) in [6.07, 6.45) is 3.86. The largest absolute Gasteiger partial charge is 0.412 e. The van der Waals surface area contributed by atoms with Crippen molar-refractivity contribution in [3.63, 3.8) is 0 Å². The van der Waals surface area contributed by atoms with Crippen LogP contribution in [-0.4, -0.2) is 14.9 Å². The van der Waals surface area contributed by atoms with E-state index in [2.05, 4.69) is 39.9 Å². The van der Waals surface area contributed by atoms with Crippen LogP contribution in [0, 0.1) is 11.3 Å². The summed E-state index contributed by atoms with van der Waals surface area (Å²) in [5.74, 6) is 0. The highest BCUT2D eigenvalue weighted by atomic mass is 33.1. The topological polar surface area (TPSA) is 33.0 Å².